The van der Waals surface area contributed by atoms with Gasteiger partial charge >= 0.3 is 5.97 Å². The van der Waals surface area contributed by atoms with Gasteiger partial charge in [0, 0.05) is 67.8 Å². The number of carboxylic acid groups (broad SMARTS) is 1. The van der Waals surface area contributed by atoms with Crippen LogP contribution in [0.4, 0.5) is 17.3 Å². The predicted molar refractivity (Wildman–Crippen MR) is 170 cm³/mol. The Hall–Kier alpha value is -3.72. The zero-order chi connectivity index (χ0) is 30.3. The Kier molecular flexibility index (Phi) is 8.02. The summed E-state index contributed by atoms with van der Waals surface area (Å²) in [6.45, 7) is 17.3. The third-order valence-electron chi connectivity index (χ3n) is 9.40. The molecule has 43 heavy (non-hydrogen) atoms. The summed E-state index contributed by atoms with van der Waals surface area (Å²) >= 11 is 0. The number of carboxylic acids is 1. The van der Waals surface area contributed by atoms with E-state index in [9.17, 15) is 9.90 Å². The number of rotatable bonds is 6. The minimum Gasteiger partial charge on any atom is -0.481 e. The first-order valence-electron chi connectivity index (χ1n) is 15.6. The van der Waals surface area contributed by atoms with E-state index in [1.54, 1.807) is 0 Å². The van der Waals surface area contributed by atoms with Crippen molar-refractivity contribution in [3.8, 4) is 11.1 Å². The number of aliphatic carboxylic acids is 1. The first-order chi connectivity index (χ1) is 20.6. The molecule has 3 aliphatic heterocycles. The van der Waals surface area contributed by atoms with E-state index in [4.69, 9.17) is 19.7 Å². The maximum atomic E-state index is 12.0. The van der Waals surface area contributed by atoms with Crippen LogP contribution in [0.5, 0.6) is 0 Å². The van der Waals surface area contributed by atoms with Crippen molar-refractivity contribution in [2.45, 2.75) is 66.8 Å². The predicted octanol–water partition coefficient (Wildman–Crippen LogP) is 5.12. The molecule has 3 aromatic rings. The van der Waals surface area contributed by atoms with Gasteiger partial charge in [-0.1, -0.05) is 32.0 Å². The summed E-state index contributed by atoms with van der Waals surface area (Å²) in [6.07, 6.45) is 3.04. The quantitative estimate of drug-likeness (QED) is 0.424. The van der Waals surface area contributed by atoms with Crippen molar-refractivity contribution in [3.63, 3.8) is 0 Å². The van der Waals surface area contributed by atoms with Crippen LogP contribution in [0.1, 0.15) is 60.6 Å². The highest BCUT2D eigenvalue weighted by Gasteiger charge is 2.31. The zero-order valence-electron chi connectivity index (χ0n) is 26.2. The number of aromatic nitrogens is 3. The van der Waals surface area contributed by atoms with Crippen LogP contribution in [0.2, 0.25) is 0 Å². The highest BCUT2D eigenvalue weighted by molar-refractivity contribution is 5.86. The Bertz CT molecular complexity index is 1520. The molecule has 9 nitrogen and oxygen atoms in total. The summed E-state index contributed by atoms with van der Waals surface area (Å²) in [5, 5.41) is 9.85. The number of fused-ring (bicyclic) bond motifs is 1. The number of ether oxygens (including phenoxy) is 1. The number of nitrogens with zero attached hydrogens (tertiary/aromatic N) is 6. The minimum atomic E-state index is -0.819. The molecule has 2 saturated heterocycles. The molecular weight excluding hydrogens is 540 g/mol. The number of piperidine rings is 1. The Morgan fingerprint density at radius 1 is 0.860 bits per heavy atom. The van der Waals surface area contributed by atoms with Crippen molar-refractivity contribution in [2.75, 3.05) is 60.6 Å². The molecule has 2 fully saturated rings. The lowest BCUT2D eigenvalue weighted by molar-refractivity contribution is -0.136. The summed E-state index contributed by atoms with van der Waals surface area (Å²) in [5.74, 6) is 1.91. The van der Waals surface area contributed by atoms with Gasteiger partial charge in [-0.25, -0.2) is 9.97 Å². The Morgan fingerprint density at radius 3 is 2.26 bits per heavy atom. The smallest absolute Gasteiger partial charge is 0.307 e. The molecule has 0 radical (unpaired) electrons. The van der Waals surface area contributed by atoms with Crippen molar-refractivity contribution >= 4 is 23.3 Å². The number of hydrogen-bond acceptors (Lipinski definition) is 8. The highest BCUT2D eigenvalue weighted by atomic mass is 16.5. The van der Waals surface area contributed by atoms with Crippen molar-refractivity contribution in [3.05, 3.63) is 58.2 Å². The average Bonchev–Trinajstić information content (AvgIpc) is 2.98. The number of benzene rings is 1. The molecule has 0 saturated carbocycles. The SMILES string of the molecule is Cc1nc(N2CCOCC2)cc(N2CCc3cc(-c4c(C)nc(C)c(CC(=O)O)c4N4CCC(C)(C)CC4)ccc3C2)n1. The van der Waals surface area contributed by atoms with Crippen LogP contribution in [-0.2, 0) is 28.9 Å². The molecule has 228 valence electrons. The van der Waals surface area contributed by atoms with E-state index < -0.39 is 5.97 Å². The summed E-state index contributed by atoms with van der Waals surface area (Å²) in [7, 11) is 0. The third kappa shape index (κ3) is 6.18. The molecule has 9 heteroatoms. The fourth-order valence-electron chi connectivity index (χ4n) is 6.82. The fourth-order valence-corrected chi connectivity index (χ4v) is 6.82. The van der Waals surface area contributed by atoms with E-state index >= 15 is 0 Å². The molecule has 2 aromatic heterocycles. The molecule has 0 bridgehead atoms. The molecule has 3 aliphatic rings. The second-order valence-corrected chi connectivity index (χ2v) is 13.1. The Balaban J connectivity index is 1.33. The highest BCUT2D eigenvalue weighted by Crippen LogP contribution is 2.42. The van der Waals surface area contributed by atoms with Crippen molar-refractivity contribution in [2.24, 2.45) is 5.41 Å². The molecule has 0 amide bonds. The first kappa shape index (κ1) is 29.4. The standard InChI is InChI=1S/C34H44N6O3/c1-22-28(19-31(41)42)33(39-12-9-34(4,5)10-13-39)32(23(2)35-22)26-6-7-27-21-40(11-8-25(27)18-26)30-20-29(36-24(3)37-30)38-14-16-43-17-15-38/h6-7,18,20H,8-17,19,21H2,1-5H3,(H,41,42). The van der Waals surface area contributed by atoms with Gasteiger partial charge in [-0.3, -0.25) is 9.78 Å². The molecule has 1 N–H and O–H groups in total. The molecule has 0 aliphatic carbocycles. The minimum absolute atomic E-state index is 0.0218. The third-order valence-corrected chi connectivity index (χ3v) is 9.40. The molecule has 5 heterocycles. The van der Waals surface area contributed by atoms with E-state index in [0.717, 1.165) is 123 Å². The van der Waals surface area contributed by atoms with Crippen LogP contribution in [0, 0.1) is 26.2 Å². The maximum Gasteiger partial charge on any atom is 0.307 e. The zero-order valence-corrected chi connectivity index (χ0v) is 26.2. The van der Waals surface area contributed by atoms with Crippen molar-refractivity contribution in [1.82, 2.24) is 15.0 Å². The Labute approximate surface area is 254 Å². The summed E-state index contributed by atoms with van der Waals surface area (Å²) < 4.78 is 5.54. The van der Waals surface area contributed by atoms with Gasteiger partial charge in [-0.05, 0) is 62.1 Å². The number of carbonyl (C=O) groups is 1. The van der Waals surface area contributed by atoms with Crippen LogP contribution in [-0.4, -0.2) is 72.0 Å². The topological polar surface area (TPSA) is 94.9 Å². The lowest BCUT2D eigenvalue weighted by atomic mass is 9.82. The van der Waals surface area contributed by atoms with Gasteiger partial charge in [0.15, 0.2) is 0 Å². The number of hydrogen-bond donors (Lipinski definition) is 1. The van der Waals surface area contributed by atoms with Crippen molar-refractivity contribution in [1.29, 1.82) is 0 Å². The van der Waals surface area contributed by atoms with Crippen LogP contribution in [0.3, 0.4) is 0 Å². The summed E-state index contributed by atoms with van der Waals surface area (Å²) in [6, 6.07) is 8.88. The molecule has 0 spiro atoms. The van der Waals surface area contributed by atoms with E-state index in [1.807, 2.05) is 13.8 Å². The Morgan fingerprint density at radius 2 is 1.56 bits per heavy atom. The van der Waals surface area contributed by atoms with Crippen LogP contribution in [0.15, 0.2) is 24.3 Å². The van der Waals surface area contributed by atoms with E-state index in [1.165, 1.54) is 11.1 Å². The first-order valence-corrected chi connectivity index (χ1v) is 15.6. The van der Waals surface area contributed by atoms with E-state index in [-0.39, 0.29) is 6.42 Å². The number of anilines is 3. The maximum absolute atomic E-state index is 12.0. The fraction of sp³-hybridized carbons (Fsp3) is 0.529. The molecular formula is C34H44N6O3. The lowest BCUT2D eigenvalue weighted by Gasteiger charge is -2.40. The molecule has 1 aromatic carbocycles. The van der Waals surface area contributed by atoms with Gasteiger partial charge in [-0.15, -0.1) is 0 Å². The van der Waals surface area contributed by atoms with E-state index in [0.29, 0.717) is 5.41 Å². The normalized spacial score (nSPS) is 18.5. The van der Waals surface area contributed by atoms with Gasteiger partial charge in [0.25, 0.3) is 0 Å². The monoisotopic (exact) mass is 584 g/mol. The van der Waals surface area contributed by atoms with Gasteiger partial charge in [-0.2, -0.15) is 0 Å². The molecule has 0 atom stereocenters. The lowest BCUT2D eigenvalue weighted by Crippen LogP contribution is -2.38. The number of morpholine rings is 1. The van der Waals surface area contributed by atoms with E-state index in [2.05, 4.69) is 59.7 Å². The molecule has 6 rings (SSSR count). The van der Waals surface area contributed by atoms with Gasteiger partial charge < -0.3 is 24.5 Å². The van der Waals surface area contributed by atoms with Crippen molar-refractivity contribution < 1.29 is 14.6 Å². The molecule has 0 unspecified atom stereocenters. The van der Waals surface area contributed by atoms with Gasteiger partial charge in [0.1, 0.15) is 17.5 Å². The second-order valence-electron chi connectivity index (χ2n) is 13.1. The largest absolute Gasteiger partial charge is 0.481 e. The van der Waals surface area contributed by atoms with Crippen LogP contribution in [0.25, 0.3) is 11.1 Å². The second kappa shape index (κ2) is 11.8. The summed E-state index contributed by atoms with van der Waals surface area (Å²) in [4.78, 5) is 33.5. The van der Waals surface area contributed by atoms with Gasteiger partial charge in [0.05, 0.1) is 25.3 Å². The van der Waals surface area contributed by atoms with Gasteiger partial charge in [0.2, 0.25) is 0 Å². The average molecular weight is 585 g/mol. The van der Waals surface area contributed by atoms with Crippen LogP contribution >= 0.6 is 0 Å². The summed E-state index contributed by atoms with van der Waals surface area (Å²) in [5.41, 5.74) is 8.79. The number of pyridine rings is 1. The van der Waals surface area contributed by atoms with Crippen LogP contribution < -0.4 is 14.7 Å². The number of aryl methyl sites for hydroxylation is 3.